The van der Waals surface area contributed by atoms with Crippen molar-refractivity contribution in [1.82, 2.24) is 5.32 Å². The van der Waals surface area contributed by atoms with Gasteiger partial charge in [0.2, 0.25) is 0 Å². The Morgan fingerprint density at radius 3 is 2.32 bits per heavy atom. The maximum Gasteiger partial charge on any atom is 0.261 e. The molecule has 0 radical (unpaired) electrons. The highest BCUT2D eigenvalue weighted by atomic mass is 16.5. The van der Waals surface area contributed by atoms with Crippen molar-refractivity contribution in [1.29, 1.82) is 0 Å². The van der Waals surface area contributed by atoms with Gasteiger partial charge in [-0.15, -0.1) is 0 Å². The molecule has 146 valence electrons. The summed E-state index contributed by atoms with van der Waals surface area (Å²) in [5.74, 6) is 2.05. The first-order chi connectivity index (χ1) is 13.7. The number of amides is 1. The maximum atomic E-state index is 12.4. The van der Waals surface area contributed by atoms with Gasteiger partial charge in [-0.3, -0.25) is 4.79 Å². The third kappa shape index (κ3) is 5.16. The van der Waals surface area contributed by atoms with Crippen molar-refractivity contribution in [2.45, 2.75) is 19.4 Å². The van der Waals surface area contributed by atoms with E-state index in [2.05, 4.69) is 5.32 Å². The lowest BCUT2D eigenvalue weighted by molar-refractivity contribution is -0.128. The van der Waals surface area contributed by atoms with Gasteiger partial charge in [-0.1, -0.05) is 37.3 Å². The van der Waals surface area contributed by atoms with Crippen LogP contribution in [0.3, 0.4) is 0 Å². The highest BCUT2D eigenvalue weighted by Crippen LogP contribution is 2.22. The average Bonchev–Trinajstić information content (AvgIpc) is 2.75. The third-order valence-corrected chi connectivity index (χ3v) is 4.39. The summed E-state index contributed by atoms with van der Waals surface area (Å²) in [6.45, 7) is 2.71. The van der Waals surface area contributed by atoms with Gasteiger partial charge in [0, 0.05) is 0 Å². The zero-order valence-electron chi connectivity index (χ0n) is 16.2. The second-order valence-corrected chi connectivity index (χ2v) is 6.34. The summed E-state index contributed by atoms with van der Waals surface area (Å²) in [7, 11) is 1.62. The number of rotatable bonds is 9. The molecular formula is C23H25NO4. The zero-order valence-corrected chi connectivity index (χ0v) is 16.2. The van der Waals surface area contributed by atoms with Crippen molar-refractivity contribution in [2.75, 3.05) is 20.3 Å². The minimum absolute atomic E-state index is 0.144. The highest BCUT2D eigenvalue weighted by molar-refractivity contribution is 5.84. The Balaban J connectivity index is 1.48. The van der Waals surface area contributed by atoms with Crippen LogP contribution in [0, 0.1) is 0 Å². The van der Waals surface area contributed by atoms with Crippen molar-refractivity contribution in [3.8, 4) is 17.2 Å². The van der Waals surface area contributed by atoms with Gasteiger partial charge in [-0.2, -0.15) is 0 Å². The lowest BCUT2D eigenvalue weighted by atomic mass is 10.1. The molecule has 3 aromatic rings. The number of fused-ring (bicyclic) bond motifs is 1. The molecule has 0 aliphatic rings. The molecular weight excluding hydrogens is 354 g/mol. The number of carbonyl (C=O) groups excluding carboxylic acids is 1. The molecule has 1 N–H and O–H groups in total. The van der Waals surface area contributed by atoms with Gasteiger partial charge in [-0.05, 0) is 53.6 Å². The van der Waals surface area contributed by atoms with E-state index in [-0.39, 0.29) is 5.91 Å². The van der Waals surface area contributed by atoms with Gasteiger partial charge < -0.3 is 19.5 Å². The molecule has 0 saturated carbocycles. The molecule has 5 nitrogen and oxygen atoms in total. The Morgan fingerprint density at radius 1 is 0.929 bits per heavy atom. The molecule has 0 heterocycles. The number of carbonyl (C=O) groups is 1. The SMILES string of the molecule is CC[C@@H](Oc1ccc2ccccc2c1)C(=O)NCCOc1ccc(OC)cc1. The van der Waals surface area contributed by atoms with Gasteiger partial charge >= 0.3 is 0 Å². The third-order valence-electron chi connectivity index (χ3n) is 4.39. The Hall–Kier alpha value is -3.21. The molecule has 5 heteroatoms. The van der Waals surface area contributed by atoms with E-state index < -0.39 is 6.10 Å². The minimum atomic E-state index is -0.540. The number of hydrogen-bond donors (Lipinski definition) is 1. The molecule has 0 bridgehead atoms. The fourth-order valence-electron chi connectivity index (χ4n) is 2.86. The number of hydrogen-bond acceptors (Lipinski definition) is 4. The first-order valence-electron chi connectivity index (χ1n) is 9.39. The number of methoxy groups -OCH3 is 1. The summed E-state index contributed by atoms with van der Waals surface area (Å²) < 4.78 is 16.6. The summed E-state index contributed by atoms with van der Waals surface area (Å²) in [4.78, 5) is 12.4. The van der Waals surface area contributed by atoms with Crippen molar-refractivity contribution in [2.24, 2.45) is 0 Å². The second-order valence-electron chi connectivity index (χ2n) is 6.34. The zero-order chi connectivity index (χ0) is 19.8. The van der Waals surface area contributed by atoms with Gasteiger partial charge in [-0.25, -0.2) is 0 Å². The molecule has 28 heavy (non-hydrogen) atoms. The standard InChI is InChI=1S/C23H25NO4/c1-3-22(28-21-9-8-17-6-4-5-7-18(17)16-21)23(25)24-14-15-27-20-12-10-19(26-2)11-13-20/h4-13,16,22H,3,14-15H2,1-2H3,(H,24,25)/t22-/m1/s1. The summed E-state index contributed by atoms with van der Waals surface area (Å²) >= 11 is 0. The number of nitrogens with one attached hydrogen (secondary N) is 1. The first kappa shape index (κ1) is 19.5. The molecule has 0 aromatic heterocycles. The predicted octanol–water partition coefficient (Wildman–Crippen LogP) is 4.20. The van der Waals surface area contributed by atoms with Gasteiger partial charge in [0.15, 0.2) is 6.10 Å². The van der Waals surface area contributed by atoms with E-state index >= 15 is 0 Å². The molecule has 1 atom stereocenters. The highest BCUT2D eigenvalue weighted by Gasteiger charge is 2.18. The predicted molar refractivity (Wildman–Crippen MR) is 110 cm³/mol. The molecule has 0 saturated heterocycles. The second kappa shape index (κ2) is 9.65. The van der Waals surface area contributed by atoms with E-state index in [1.807, 2.05) is 73.7 Å². The van der Waals surface area contributed by atoms with Crippen LogP contribution >= 0.6 is 0 Å². The Labute approximate surface area is 165 Å². The van der Waals surface area contributed by atoms with E-state index in [9.17, 15) is 4.79 Å². The minimum Gasteiger partial charge on any atom is -0.497 e. The van der Waals surface area contributed by atoms with Crippen molar-refractivity contribution in [3.63, 3.8) is 0 Å². The summed E-state index contributed by atoms with van der Waals surface area (Å²) in [6, 6.07) is 21.2. The van der Waals surface area contributed by atoms with Gasteiger partial charge in [0.25, 0.3) is 5.91 Å². The molecule has 0 aliphatic carbocycles. The van der Waals surface area contributed by atoms with Gasteiger partial charge in [0.05, 0.1) is 13.7 Å². The van der Waals surface area contributed by atoms with Crippen molar-refractivity contribution in [3.05, 3.63) is 66.7 Å². The Bertz CT molecular complexity index is 908. The number of benzene rings is 3. The molecule has 3 aromatic carbocycles. The van der Waals surface area contributed by atoms with Crippen LogP contribution in [0.5, 0.6) is 17.2 Å². The Morgan fingerprint density at radius 2 is 1.61 bits per heavy atom. The summed E-state index contributed by atoms with van der Waals surface area (Å²) in [5, 5.41) is 5.10. The van der Waals surface area contributed by atoms with E-state index in [1.54, 1.807) is 7.11 Å². The lowest BCUT2D eigenvalue weighted by Gasteiger charge is -2.18. The maximum absolute atomic E-state index is 12.4. The van der Waals surface area contributed by atoms with Crippen molar-refractivity contribution >= 4 is 16.7 Å². The summed E-state index contributed by atoms with van der Waals surface area (Å²) in [6.07, 6.45) is 0.0417. The van der Waals surface area contributed by atoms with Crippen LogP contribution in [0.2, 0.25) is 0 Å². The van der Waals surface area contributed by atoms with Gasteiger partial charge in [0.1, 0.15) is 23.9 Å². The molecule has 0 spiro atoms. The first-order valence-corrected chi connectivity index (χ1v) is 9.39. The quantitative estimate of drug-likeness (QED) is 0.566. The number of ether oxygens (including phenoxy) is 3. The monoisotopic (exact) mass is 379 g/mol. The van der Waals surface area contributed by atoms with Crippen LogP contribution in [0.1, 0.15) is 13.3 Å². The van der Waals surface area contributed by atoms with Crippen molar-refractivity contribution < 1.29 is 19.0 Å². The molecule has 3 rings (SSSR count). The van der Waals surface area contributed by atoms with E-state index in [0.717, 1.165) is 22.3 Å². The van der Waals surface area contributed by atoms with E-state index in [1.165, 1.54) is 0 Å². The van der Waals surface area contributed by atoms with Crippen LogP contribution in [-0.4, -0.2) is 32.3 Å². The Kier molecular flexibility index (Phi) is 6.73. The van der Waals surface area contributed by atoms with Crippen LogP contribution in [0.25, 0.3) is 10.8 Å². The van der Waals surface area contributed by atoms with Crippen LogP contribution < -0.4 is 19.5 Å². The van der Waals surface area contributed by atoms with E-state index in [4.69, 9.17) is 14.2 Å². The smallest absolute Gasteiger partial charge is 0.261 e. The normalized spacial score (nSPS) is 11.6. The largest absolute Gasteiger partial charge is 0.497 e. The fourth-order valence-corrected chi connectivity index (χ4v) is 2.86. The molecule has 1 amide bonds. The summed E-state index contributed by atoms with van der Waals surface area (Å²) in [5.41, 5.74) is 0. The van der Waals surface area contributed by atoms with E-state index in [0.29, 0.717) is 25.3 Å². The molecule has 0 fully saturated rings. The van der Waals surface area contributed by atoms with Crippen LogP contribution in [0.4, 0.5) is 0 Å². The average molecular weight is 379 g/mol. The topological polar surface area (TPSA) is 56.8 Å². The molecule has 0 aliphatic heterocycles. The van der Waals surface area contributed by atoms with Crippen LogP contribution in [-0.2, 0) is 4.79 Å². The lowest BCUT2D eigenvalue weighted by Crippen LogP contribution is -2.39. The molecule has 0 unspecified atom stereocenters. The fraction of sp³-hybridized carbons (Fsp3) is 0.261. The van der Waals surface area contributed by atoms with Crippen LogP contribution in [0.15, 0.2) is 66.7 Å².